The average molecular weight is 292 g/mol. The number of ether oxygens (including phenoxy) is 1. The van der Waals surface area contributed by atoms with Gasteiger partial charge in [-0.2, -0.15) is 5.10 Å². The topological polar surface area (TPSA) is 70.9 Å². The summed E-state index contributed by atoms with van der Waals surface area (Å²) in [6, 6.07) is 4.92. The molecule has 5 heteroatoms. The van der Waals surface area contributed by atoms with E-state index in [1.165, 1.54) is 6.21 Å². The van der Waals surface area contributed by atoms with Gasteiger partial charge >= 0.3 is 0 Å². The number of rotatable bonds is 9. The highest BCUT2D eigenvalue weighted by Gasteiger charge is 2.02. The Kier molecular flexibility index (Phi) is 7.94. The van der Waals surface area contributed by atoms with Crippen molar-refractivity contribution in [2.45, 2.75) is 46.0 Å². The van der Waals surface area contributed by atoms with Crippen LogP contribution in [-0.2, 0) is 4.79 Å². The molecule has 0 unspecified atom stereocenters. The number of nitrogens with zero attached hydrogens (tertiary/aromatic N) is 1. The van der Waals surface area contributed by atoms with E-state index in [-0.39, 0.29) is 11.7 Å². The minimum atomic E-state index is -0.0776. The number of carbonyl (C=O) groups is 1. The second-order valence-corrected chi connectivity index (χ2v) is 4.76. The van der Waals surface area contributed by atoms with Crippen molar-refractivity contribution in [3.63, 3.8) is 0 Å². The molecule has 2 N–H and O–H groups in total. The van der Waals surface area contributed by atoms with E-state index in [2.05, 4.69) is 17.5 Å². The quantitative estimate of drug-likeness (QED) is 0.417. The third-order valence-electron chi connectivity index (χ3n) is 2.94. The molecule has 0 atom stereocenters. The summed E-state index contributed by atoms with van der Waals surface area (Å²) in [6.07, 6.45) is 6.31. The van der Waals surface area contributed by atoms with Crippen LogP contribution in [0.3, 0.4) is 0 Å². The van der Waals surface area contributed by atoms with E-state index in [4.69, 9.17) is 4.74 Å². The molecule has 1 aromatic carbocycles. The minimum absolute atomic E-state index is 0.0776. The van der Waals surface area contributed by atoms with E-state index >= 15 is 0 Å². The van der Waals surface area contributed by atoms with Crippen molar-refractivity contribution in [1.82, 2.24) is 5.43 Å². The molecule has 0 aliphatic heterocycles. The molecule has 0 aliphatic rings. The van der Waals surface area contributed by atoms with Crippen LogP contribution in [0.2, 0.25) is 0 Å². The second-order valence-electron chi connectivity index (χ2n) is 4.76. The normalized spacial score (nSPS) is 10.8. The number of hydrogen-bond acceptors (Lipinski definition) is 4. The summed E-state index contributed by atoms with van der Waals surface area (Å²) in [4.78, 5) is 11.5. The van der Waals surface area contributed by atoms with Crippen molar-refractivity contribution in [2.24, 2.45) is 5.10 Å². The number of hydrazone groups is 1. The van der Waals surface area contributed by atoms with Gasteiger partial charge in [-0.05, 0) is 37.1 Å². The highest BCUT2D eigenvalue weighted by atomic mass is 16.5. The lowest BCUT2D eigenvalue weighted by Gasteiger charge is -2.06. The third-order valence-corrected chi connectivity index (χ3v) is 2.94. The lowest BCUT2D eigenvalue weighted by Crippen LogP contribution is -2.16. The van der Waals surface area contributed by atoms with Gasteiger partial charge in [0.25, 0.3) is 0 Å². The van der Waals surface area contributed by atoms with Crippen LogP contribution >= 0.6 is 0 Å². The number of nitrogens with one attached hydrogen (secondary N) is 1. The molecule has 0 radical (unpaired) electrons. The van der Waals surface area contributed by atoms with E-state index in [9.17, 15) is 9.90 Å². The summed E-state index contributed by atoms with van der Waals surface area (Å²) in [5.41, 5.74) is 3.25. The van der Waals surface area contributed by atoms with Crippen molar-refractivity contribution < 1.29 is 14.6 Å². The first-order chi connectivity index (χ1) is 10.2. The molecular formula is C16H24N2O3. The fourth-order valence-electron chi connectivity index (χ4n) is 1.83. The molecule has 21 heavy (non-hydrogen) atoms. The Labute approximate surface area is 126 Å². The van der Waals surface area contributed by atoms with Crippen LogP contribution < -0.4 is 10.2 Å². The van der Waals surface area contributed by atoms with Gasteiger partial charge in [0.2, 0.25) is 5.91 Å². The number of carbonyl (C=O) groups excluding carboxylic acids is 1. The number of phenolic OH excluding ortho intramolecular Hbond substituents is 1. The lowest BCUT2D eigenvalue weighted by molar-refractivity contribution is -0.121. The molecule has 0 spiro atoms. The van der Waals surface area contributed by atoms with Crippen molar-refractivity contribution >= 4 is 12.1 Å². The van der Waals surface area contributed by atoms with Gasteiger partial charge in [0.05, 0.1) is 12.8 Å². The van der Waals surface area contributed by atoms with Gasteiger partial charge < -0.3 is 9.84 Å². The molecule has 0 bridgehead atoms. The predicted octanol–water partition coefficient (Wildman–Crippen LogP) is 3.21. The Hall–Kier alpha value is -2.04. The van der Waals surface area contributed by atoms with Crippen molar-refractivity contribution in [1.29, 1.82) is 0 Å². The molecule has 116 valence electrons. The molecule has 1 aromatic rings. The van der Waals surface area contributed by atoms with Gasteiger partial charge in [-0.25, -0.2) is 5.43 Å². The number of hydrogen-bond donors (Lipinski definition) is 2. The van der Waals surface area contributed by atoms with Gasteiger partial charge in [-0.1, -0.05) is 26.2 Å². The summed E-state index contributed by atoms with van der Waals surface area (Å²) in [6.45, 7) is 4.46. The monoisotopic (exact) mass is 292 g/mol. The average Bonchev–Trinajstić information content (AvgIpc) is 2.47. The molecule has 0 saturated carbocycles. The van der Waals surface area contributed by atoms with E-state index in [1.54, 1.807) is 18.2 Å². The zero-order valence-corrected chi connectivity index (χ0v) is 12.8. The first kappa shape index (κ1) is 17.0. The van der Waals surface area contributed by atoms with Crippen LogP contribution in [0.1, 0.15) is 51.5 Å². The number of phenols is 1. The largest absolute Gasteiger partial charge is 0.504 e. The lowest BCUT2D eigenvalue weighted by atomic mass is 10.1. The standard InChI is InChI=1S/C16H24N2O3/c1-3-5-6-7-8-16(20)18-17-12-13-9-10-14(19)15(11-13)21-4-2/h9-12,19H,3-8H2,1-2H3,(H,18,20). The van der Waals surface area contributed by atoms with Gasteiger partial charge in [-0.15, -0.1) is 0 Å². The van der Waals surface area contributed by atoms with Gasteiger partial charge in [0.15, 0.2) is 11.5 Å². The highest BCUT2D eigenvalue weighted by molar-refractivity contribution is 5.83. The van der Waals surface area contributed by atoms with E-state index in [1.807, 2.05) is 6.92 Å². The second kappa shape index (κ2) is 9.80. The number of aromatic hydroxyl groups is 1. The summed E-state index contributed by atoms with van der Waals surface area (Å²) < 4.78 is 5.28. The van der Waals surface area contributed by atoms with Crippen LogP contribution in [0.15, 0.2) is 23.3 Å². The fourth-order valence-corrected chi connectivity index (χ4v) is 1.83. The molecule has 5 nitrogen and oxygen atoms in total. The molecule has 0 aromatic heterocycles. The maximum absolute atomic E-state index is 11.5. The Balaban J connectivity index is 2.42. The number of unbranched alkanes of at least 4 members (excludes halogenated alkanes) is 3. The molecular weight excluding hydrogens is 268 g/mol. The predicted molar refractivity (Wildman–Crippen MR) is 83.8 cm³/mol. The zero-order valence-electron chi connectivity index (χ0n) is 12.8. The molecule has 0 aliphatic carbocycles. The van der Waals surface area contributed by atoms with Crippen LogP contribution in [0, 0.1) is 0 Å². The molecule has 0 fully saturated rings. The van der Waals surface area contributed by atoms with Crippen molar-refractivity contribution in [2.75, 3.05) is 6.61 Å². The van der Waals surface area contributed by atoms with E-state index in [0.717, 1.165) is 31.2 Å². The van der Waals surface area contributed by atoms with Crippen LogP contribution in [0.4, 0.5) is 0 Å². The van der Waals surface area contributed by atoms with Crippen molar-refractivity contribution in [3.05, 3.63) is 23.8 Å². The fraction of sp³-hybridized carbons (Fsp3) is 0.500. The van der Waals surface area contributed by atoms with Gasteiger partial charge in [-0.3, -0.25) is 4.79 Å². The minimum Gasteiger partial charge on any atom is -0.504 e. The Morgan fingerprint density at radius 3 is 2.86 bits per heavy atom. The van der Waals surface area contributed by atoms with Crippen LogP contribution in [-0.4, -0.2) is 23.8 Å². The smallest absolute Gasteiger partial charge is 0.240 e. The summed E-state index contributed by atoms with van der Waals surface area (Å²) >= 11 is 0. The zero-order chi connectivity index (χ0) is 15.5. The number of benzene rings is 1. The molecule has 1 rings (SSSR count). The summed E-state index contributed by atoms with van der Waals surface area (Å²) in [7, 11) is 0. The Morgan fingerprint density at radius 2 is 2.14 bits per heavy atom. The molecule has 0 saturated heterocycles. The first-order valence-corrected chi connectivity index (χ1v) is 7.45. The Morgan fingerprint density at radius 1 is 1.33 bits per heavy atom. The van der Waals surface area contributed by atoms with E-state index < -0.39 is 0 Å². The van der Waals surface area contributed by atoms with Gasteiger partial charge in [0, 0.05) is 6.42 Å². The van der Waals surface area contributed by atoms with Crippen LogP contribution in [0.5, 0.6) is 11.5 Å². The summed E-state index contributed by atoms with van der Waals surface area (Å²) in [5.74, 6) is 0.424. The highest BCUT2D eigenvalue weighted by Crippen LogP contribution is 2.26. The SMILES string of the molecule is CCCCCCC(=O)NN=Cc1ccc(O)c(OCC)c1. The first-order valence-electron chi connectivity index (χ1n) is 7.45. The maximum atomic E-state index is 11.5. The number of amides is 1. The maximum Gasteiger partial charge on any atom is 0.240 e. The van der Waals surface area contributed by atoms with Gasteiger partial charge in [0.1, 0.15) is 0 Å². The van der Waals surface area contributed by atoms with E-state index in [0.29, 0.717) is 18.8 Å². The molecule has 0 heterocycles. The third kappa shape index (κ3) is 6.79. The summed E-state index contributed by atoms with van der Waals surface area (Å²) in [5, 5.41) is 13.5. The molecule has 1 amide bonds. The Bertz CT molecular complexity index is 473. The van der Waals surface area contributed by atoms with Crippen molar-refractivity contribution in [3.8, 4) is 11.5 Å². The van der Waals surface area contributed by atoms with Crippen LogP contribution in [0.25, 0.3) is 0 Å².